The number of methoxy groups -OCH3 is 1. The molecular weight excluding hydrogens is 538 g/mol. The van der Waals surface area contributed by atoms with Gasteiger partial charge in [-0.1, -0.05) is 29.8 Å². The highest BCUT2D eigenvalue weighted by Crippen LogP contribution is 2.33. The van der Waals surface area contributed by atoms with Crippen molar-refractivity contribution in [1.82, 2.24) is 4.31 Å². The molecule has 0 atom stereocenters. The monoisotopic (exact) mass is 563 g/mol. The number of nitrogens with zero attached hydrogens (tertiary/aromatic N) is 2. The maximum atomic E-state index is 13.6. The zero-order valence-corrected chi connectivity index (χ0v) is 22.8. The minimum atomic E-state index is -4.15. The molecule has 0 unspecified atom stereocenters. The van der Waals surface area contributed by atoms with Crippen LogP contribution in [0, 0.1) is 0 Å². The van der Waals surface area contributed by atoms with E-state index >= 15 is 0 Å². The van der Waals surface area contributed by atoms with Gasteiger partial charge in [-0.25, -0.2) is 21.1 Å². The van der Waals surface area contributed by atoms with Crippen molar-refractivity contribution in [3.8, 4) is 5.75 Å². The van der Waals surface area contributed by atoms with Crippen LogP contribution in [0.25, 0.3) is 0 Å². The molecule has 0 spiro atoms. The molecule has 0 heterocycles. The van der Waals surface area contributed by atoms with Crippen molar-refractivity contribution in [2.75, 3.05) is 37.4 Å². The molecule has 0 radical (unpaired) electrons. The summed E-state index contributed by atoms with van der Waals surface area (Å²) < 4.78 is 59.2. The summed E-state index contributed by atoms with van der Waals surface area (Å²) in [7, 11) is -3.52. The average Bonchev–Trinajstić information content (AvgIpc) is 2.87. The fraction of sp³-hybridized carbons (Fsp3) is 0.160. The Morgan fingerprint density at radius 2 is 1.59 bits per heavy atom. The summed E-state index contributed by atoms with van der Waals surface area (Å²) >= 11 is 6.24. The highest BCUT2D eigenvalue weighted by Gasteiger charge is 2.28. The van der Waals surface area contributed by atoms with E-state index in [4.69, 9.17) is 16.3 Å². The second-order valence-corrected chi connectivity index (χ2v) is 12.3. The second kappa shape index (κ2) is 11.3. The van der Waals surface area contributed by atoms with E-state index in [1.807, 2.05) is 0 Å². The van der Waals surface area contributed by atoms with Crippen LogP contribution in [0.1, 0.15) is 10.4 Å². The van der Waals surface area contributed by atoms with Crippen molar-refractivity contribution in [3.05, 3.63) is 90.0 Å². The van der Waals surface area contributed by atoms with Gasteiger partial charge in [0.15, 0.2) is 0 Å². The van der Waals surface area contributed by atoms with Crippen LogP contribution in [0.4, 0.5) is 11.4 Å². The van der Waals surface area contributed by atoms with E-state index in [2.05, 4.69) is 11.9 Å². The fourth-order valence-corrected chi connectivity index (χ4v) is 5.94. The number of rotatable bonds is 10. The maximum Gasteiger partial charge on any atom is 0.264 e. The Labute approximate surface area is 222 Å². The molecule has 3 aromatic rings. The molecule has 3 rings (SSSR count). The van der Waals surface area contributed by atoms with E-state index in [0.717, 1.165) is 8.61 Å². The number of sulfonamides is 2. The van der Waals surface area contributed by atoms with Gasteiger partial charge in [-0.15, -0.1) is 6.58 Å². The molecule has 9 nitrogen and oxygen atoms in total. The molecule has 3 aromatic carbocycles. The van der Waals surface area contributed by atoms with E-state index in [-0.39, 0.29) is 26.9 Å². The molecule has 0 aliphatic heterocycles. The third-order valence-corrected chi connectivity index (χ3v) is 9.24. The molecule has 0 saturated carbocycles. The van der Waals surface area contributed by atoms with Crippen LogP contribution in [0.15, 0.2) is 89.2 Å². The largest absolute Gasteiger partial charge is 0.495 e. The molecule has 0 saturated heterocycles. The van der Waals surface area contributed by atoms with E-state index in [1.54, 1.807) is 24.3 Å². The number of halogens is 1. The number of hydrogen-bond acceptors (Lipinski definition) is 6. The van der Waals surface area contributed by atoms with Gasteiger partial charge in [-0.05, 0) is 54.6 Å². The van der Waals surface area contributed by atoms with Gasteiger partial charge < -0.3 is 10.1 Å². The number of ether oxygens (including phenoxy) is 1. The molecule has 0 aliphatic carbocycles. The topological polar surface area (TPSA) is 113 Å². The third-order valence-electron chi connectivity index (χ3n) is 5.31. The predicted molar refractivity (Wildman–Crippen MR) is 144 cm³/mol. The molecule has 1 N–H and O–H groups in total. The van der Waals surface area contributed by atoms with Crippen molar-refractivity contribution >= 4 is 48.9 Å². The Morgan fingerprint density at radius 1 is 0.973 bits per heavy atom. The first kappa shape index (κ1) is 28.2. The standard InChI is InChI=1S/C25H26ClN3O6S2/c1-5-16-29(23-8-6-7-9-24(23)35-4)37(33,34)20-14-15-22(26)21(17-20)25(30)27-18-10-12-19(13-11-18)36(31,32)28(2)3/h5-15,17H,1,16H2,2-4H3,(H,27,30). The van der Waals surface area contributed by atoms with Gasteiger partial charge in [-0.3, -0.25) is 9.10 Å². The van der Waals surface area contributed by atoms with Crippen molar-refractivity contribution < 1.29 is 26.4 Å². The number of amides is 1. The third kappa shape index (κ3) is 5.96. The van der Waals surface area contributed by atoms with Gasteiger partial charge in [0, 0.05) is 19.8 Å². The second-order valence-electron chi connectivity index (χ2n) is 7.90. The first-order valence-electron chi connectivity index (χ1n) is 10.8. The van der Waals surface area contributed by atoms with E-state index in [0.29, 0.717) is 17.1 Å². The van der Waals surface area contributed by atoms with E-state index < -0.39 is 26.0 Å². The Hall–Kier alpha value is -3.38. The molecule has 12 heteroatoms. The maximum absolute atomic E-state index is 13.6. The summed E-state index contributed by atoms with van der Waals surface area (Å²) in [4.78, 5) is 12.9. The zero-order chi connectivity index (χ0) is 27.4. The molecule has 0 fully saturated rings. The van der Waals surface area contributed by atoms with Crippen molar-refractivity contribution in [3.63, 3.8) is 0 Å². The van der Waals surface area contributed by atoms with Crippen LogP contribution in [-0.4, -0.2) is 54.8 Å². The Morgan fingerprint density at radius 3 is 2.19 bits per heavy atom. The zero-order valence-electron chi connectivity index (χ0n) is 20.4. The van der Waals surface area contributed by atoms with Crippen molar-refractivity contribution in [1.29, 1.82) is 0 Å². The molecule has 0 aromatic heterocycles. The predicted octanol–water partition coefficient (Wildman–Crippen LogP) is 4.23. The number of carbonyl (C=O) groups excluding carboxylic acids is 1. The van der Waals surface area contributed by atoms with Crippen LogP contribution in [0.5, 0.6) is 5.75 Å². The number of nitrogens with one attached hydrogen (secondary N) is 1. The van der Waals surface area contributed by atoms with Gasteiger partial charge in [0.25, 0.3) is 15.9 Å². The highest BCUT2D eigenvalue weighted by atomic mass is 35.5. The molecule has 37 heavy (non-hydrogen) atoms. The summed E-state index contributed by atoms with van der Waals surface area (Å²) in [6, 6.07) is 16.0. The van der Waals surface area contributed by atoms with Gasteiger partial charge >= 0.3 is 0 Å². The van der Waals surface area contributed by atoms with E-state index in [1.165, 1.54) is 69.7 Å². The molecular formula is C25H26ClN3O6S2. The number of carbonyl (C=O) groups is 1. The lowest BCUT2D eigenvalue weighted by Gasteiger charge is -2.25. The molecule has 1 amide bonds. The van der Waals surface area contributed by atoms with Crippen LogP contribution < -0.4 is 14.4 Å². The van der Waals surface area contributed by atoms with E-state index in [9.17, 15) is 21.6 Å². The quantitative estimate of drug-likeness (QED) is 0.369. The lowest BCUT2D eigenvalue weighted by atomic mass is 10.2. The number of anilines is 2. The Balaban J connectivity index is 1.95. The minimum Gasteiger partial charge on any atom is -0.495 e. The number of para-hydroxylation sites is 2. The number of benzene rings is 3. The summed E-state index contributed by atoms with van der Waals surface area (Å²) in [5, 5.41) is 2.65. The summed E-state index contributed by atoms with van der Waals surface area (Å²) in [6.07, 6.45) is 1.44. The van der Waals surface area contributed by atoms with Gasteiger partial charge in [0.1, 0.15) is 5.75 Å². The Kier molecular flexibility index (Phi) is 8.64. The van der Waals surface area contributed by atoms with Gasteiger partial charge in [-0.2, -0.15) is 0 Å². The minimum absolute atomic E-state index is 0.0378. The van der Waals surface area contributed by atoms with Crippen molar-refractivity contribution in [2.45, 2.75) is 9.79 Å². The summed E-state index contributed by atoms with van der Waals surface area (Å²) in [6.45, 7) is 3.61. The molecule has 196 valence electrons. The molecule has 0 aliphatic rings. The SMILES string of the molecule is C=CCN(c1ccccc1OC)S(=O)(=O)c1ccc(Cl)c(C(=O)Nc2ccc(S(=O)(=O)N(C)C)cc2)c1. The van der Waals surface area contributed by atoms with Gasteiger partial charge in [0.2, 0.25) is 10.0 Å². The fourth-order valence-electron chi connectivity index (χ4n) is 3.36. The first-order valence-corrected chi connectivity index (χ1v) is 14.1. The Bertz CT molecular complexity index is 1520. The summed E-state index contributed by atoms with van der Waals surface area (Å²) in [5.74, 6) is -0.322. The van der Waals surface area contributed by atoms with Crippen LogP contribution in [0.2, 0.25) is 5.02 Å². The molecule has 0 bridgehead atoms. The highest BCUT2D eigenvalue weighted by molar-refractivity contribution is 7.92. The normalized spacial score (nSPS) is 11.7. The van der Waals surface area contributed by atoms with Crippen molar-refractivity contribution in [2.24, 2.45) is 0 Å². The lowest BCUT2D eigenvalue weighted by Crippen LogP contribution is -2.31. The van der Waals surface area contributed by atoms with Gasteiger partial charge in [0.05, 0.1) is 39.7 Å². The number of hydrogen-bond donors (Lipinski definition) is 1. The lowest BCUT2D eigenvalue weighted by molar-refractivity contribution is 0.102. The smallest absolute Gasteiger partial charge is 0.264 e. The van der Waals surface area contributed by atoms with Crippen LogP contribution >= 0.6 is 11.6 Å². The van der Waals surface area contributed by atoms with Crippen LogP contribution in [-0.2, 0) is 20.0 Å². The summed E-state index contributed by atoms with van der Waals surface area (Å²) in [5.41, 5.74) is 0.527. The average molecular weight is 564 g/mol. The van der Waals surface area contributed by atoms with Crippen LogP contribution in [0.3, 0.4) is 0 Å². The first-order chi connectivity index (χ1) is 17.4.